The van der Waals surface area contributed by atoms with Crippen LogP contribution in [-0.2, 0) is 25.0 Å². The highest BCUT2D eigenvalue weighted by atomic mass is 32.2. The molecule has 0 aliphatic heterocycles. The number of carbonyl (C=O) groups excluding carboxylic acids is 1. The van der Waals surface area contributed by atoms with Crippen LogP contribution in [0.1, 0.15) is 12.6 Å². The van der Waals surface area contributed by atoms with Crippen LogP contribution in [0.4, 0.5) is 22.3 Å². The fraction of sp³-hybridized carbons (Fsp3) is 0.105. The molecule has 188 valence electrons. The number of nitrogens with zero attached hydrogens (tertiary/aromatic N) is 5. The van der Waals surface area contributed by atoms with Crippen LogP contribution in [0.15, 0.2) is 56.4 Å². The van der Waals surface area contributed by atoms with Crippen molar-refractivity contribution in [2.45, 2.75) is 23.6 Å². The van der Waals surface area contributed by atoms with Gasteiger partial charge in [0.25, 0.3) is 20.2 Å². The number of amides is 1. The van der Waals surface area contributed by atoms with Gasteiger partial charge in [-0.2, -0.15) is 21.9 Å². The minimum absolute atomic E-state index is 0.0340. The maximum Gasteiger partial charge on any atom is 0.296 e. The highest BCUT2D eigenvalue weighted by molar-refractivity contribution is 7.86. The van der Waals surface area contributed by atoms with Crippen molar-refractivity contribution in [3.05, 3.63) is 42.1 Å². The van der Waals surface area contributed by atoms with E-state index in [0.29, 0.717) is 11.2 Å². The quantitative estimate of drug-likeness (QED) is 0.202. The van der Waals surface area contributed by atoms with E-state index >= 15 is 0 Å². The van der Waals surface area contributed by atoms with E-state index in [1.54, 1.807) is 18.2 Å². The Kier molecular flexibility index (Phi) is 6.35. The van der Waals surface area contributed by atoms with E-state index in [-0.39, 0.29) is 28.2 Å². The van der Waals surface area contributed by atoms with Crippen LogP contribution in [0, 0.1) is 6.92 Å². The van der Waals surface area contributed by atoms with Gasteiger partial charge < -0.3 is 11.1 Å². The van der Waals surface area contributed by atoms with Gasteiger partial charge in [0.15, 0.2) is 11.5 Å². The van der Waals surface area contributed by atoms with Crippen molar-refractivity contribution >= 4 is 70.0 Å². The molecule has 0 fully saturated rings. The Morgan fingerprint density at radius 3 is 2.44 bits per heavy atom. The molecular weight excluding hydrogens is 534 g/mol. The zero-order chi connectivity index (χ0) is 26.4. The number of aromatic nitrogens is 3. The predicted molar refractivity (Wildman–Crippen MR) is 130 cm³/mol. The van der Waals surface area contributed by atoms with Gasteiger partial charge >= 0.3 is 0 Å². The molecule has 0 aliphatic rings. The first-order chi connectivity index (χ1) is 16.7. The smallest absolute Gasteiger partial charge is 0.296 e. The van der Waals surface area contributed by atoms with E-state index in [4.69, 9.17) is 5.73 Å². The van der Waals surface area contributed by atoms with Gasteiger partial charge in [0.05, 0.1) is 26.5 Å². The van der Waals surface area contributed by atoms with Gasteiger partial charge in [-0.25, -0.2) is 9.67 Å². The zero-order valence-corrected chi connectivity index (χ0v) is 20.9. The molecule has 4 aromatic rings. The SMILES string of the molecule is CC(=O)Nc1ccc2nc(/N=N/c3c(C)nn(-c4cc(S(=O)(=O)O)ccc4S(=O)(=O)O)c3N)sc2c1. The van der Waals surface area contributed by atoms with Crippen molar-refractivity contribution in [3.63, 3.8) is 0 Å². The molecule has 0 atom stereocenters. The number of hydrogen-bond donors (Lipinski definition) is 4. The highest BCUT2D eigenvalue weighted by Crippen LogP contribution is 2.35. The number of nitrogens with two attached hydrogens (primary N) is 1. The predicted octanol–water partition coefficient (Wildman–Crippen LogP) is 3.24. The Balaban J connectivity index is 1.76. The molecule has 0 spiro atoms. The maximum absolute atomic E-state index is 11.9. The summed E-state index contributed by atoms with van der Waals surface area (Å²) < 4.78 is 67.4. The van der Waals surface area contributed by atoms with Gasteiger partial charge in [0, 0.05) is 12.6 Å². The van der Waals surface area contributed by atoms with Crippen LogP contribution >= 0.6 is 11.3 Å². The van der Waals surface area contributed by atoms with Crippen LogP contribution in [0.5, 0.6) is 0 Å². The summed E-state index contributed by atoms with van der Waals surface area (Å²) in [5.74, 6) is -0.441. The number of anilines is 2. The second kappa shape index (κ2) is 9.03. The first-order valence-corrected chi connectivity index (χ1v) is 13.5. The van der Waals surface area contributed by atoms with Gasteiger partial charge in [0.1, 0.15) is 4.90 Å². The van der Waals surface area contributed by atoms with Crippen molar-refractivity contribution in [2.75, 3.05) is 11.1 Å². The first-order valence-electron chi connectivity index (χ1n) is 9.78. The molecule has 0 saturated carbocycles. The summed E-state index contributed by atoms with van der Waals surface area (Å²) in [6.07, 6.45) is 0. The summed E-state index contributed by atoms with van der Waals surface area (Å²) in [6, 6.07) is 7.50. The first kappa shape index (κ1) is 25.3. The van der Waals surface area contributed by atoms with Crippen molar-refractivity contribution in [1.82, 2.24) is 14.8 Å². The summed E-state index contributed by atoms with van der Waals surface area (Å²) in [5.41, 5.74) is 7.12. The zero-order valence-electron chi connectivity index (χ0n) is 18.4. The van der Waals surface area contributed by atoms with Crippen LogP contribution in [0.25, 0.3) is 15.9 Å². The number of hydrogen-bond acceptors (Lipinski definition) is 11. The number of nitrogens with one attached hydrogen (secondary N) is 1. The topological polar surface area (TPSA) is 219 Å². The summed E-state index contributed by atoms with van der Waals surface area (Å²) in [4.78, 5) is 14.2. The van der Waals surface area contributed by atoms with E-state index in [0.717, 1.165) is 27.6 Å². The number of nitrogen functional groups attached to an aromatic ring is 1. The molecule has 5 N–H and O–H groups in total. The molecule has 1 amide bonds. The number of thiazole rings is 1. The van der Waals surface area contributed by atoms with Gasteiger partial charge in [-0.1, -0.05) is 11.3 Å². The summed E-state index contributed by atoms with van der Waals surface area (Å²) in [5, 5.41) is 15.2. The summed E-state index contributed by atoms with van der Waals surface area (Å²) >= 11 is 1.19. The average molecular weight is 552 g/mol. The van der Waals surface area contributed by atoms with Crippen LogP contribution in [-0.4, -0.2) is 46.6 Å². The van der Waals surface area contributed by atoms with Crippen LogP contribution in [0.3, 0.4) is 0 Å². The third-order valence-corrected chi connectivity index (χ3v) is 7.38. The monoisotopic (exact) mass is 551 g/mol. The summed E-state index contributed by atoms with van der Waals surface area (Å²) in [7, 11) is -9.54. The molecule has 17 heteroatoms. The van der Waals surface area contributed by atoms with E-state index in [1.165, 1.54) is 25.2 Å². The van der Waals surface area contributed by atoms with E-state index in [2.05, 4.69) is 25.6 Å². The second-order valence-electron chi connectivity index (χ2n) is 7.37. The minimum atomic E-state index is -4.83. The normalized spacial score (nSPS) is 12.4. The Labute approximate surface area is 208 Å². The van der Waals surface area contributed by atoms with Crippen molar-refractivity contribution in [3.8, 4) is 5.69 Å². The Morgan fingerprint density at radius 2 is 1.81 bits per heavy atom. The van der Waals surface area contributed by atoms with E-state index < -0.39 is 35.7 Å². The lowest BCUT2D eigenvalue weighted by Gasteiger charge is -2.10. The average Bonchev–Trinajstić information content (AvgIpc) is 3.29. The van der Waals surface area contributed by atoms with Gasteiger partial charge in [-0.3, -0.25) is 13.9 Å². The molecule has 36 heavy (non-hydrogen) atoms. The molecule has 0 radical (unpaired) electrons. The van der Waals surface area contributed by atoms with Gasteiger partial charge in [-0.15, -0.1) is 10.2 Å². The Morgan fingerprint density at radius 1 is 1.08 bits per heavy atom. The second-order valence-corrected chi connectivity index (χ2v) is 11.2. The Hall–Kier alpha value is -3.77. The number of benzene rings is 2. The fourth-order valence-corrected chi connectivity index (χ4v) is 5.19. The molecular formula is C19H17N7O7S3. The lowest BCUT2D eigenvalue weighted by Crippen LogP contribution is -2.11. The Bertz CT molecular complexity index is 1770. The standard InChI is InChI=1S/C19H17N7O7S3/c1-9-17(23-24-19-22-13-5-3-11(21-10(2)27)7-15(13)34-19)18(20)26(25-9)14-8-12(35(28,29)30)4-6-16(14)36(31,32)33/h3-8H,20H2,1-2H3,(H,21,27)(H,28,29,30)(H,31,32,33)/b24-23+. The molecule has 0 saturated heterocycles. The number of carbonyl (C=O) groups is 1. The number of azo groups is 1. The minimum Gasteiger partial charge on any atom is -0.382 e. The maximum atomic E-state index is 11.9. The van der Waals surface area contributed by atoms with Crippen molar-refractivity contribution in [2.24, 2.45) is 10.2 Å². The number of aryl methyl sites for hydroxylation is 1. The summed E-state index contributed by atoms with van der Waals surface area (Å²) in [6.45, 7) is 2.89. The molecule has 0 unspecified atom stereocenters. The lowest BCUT2D eigenvalue weighted by atomic mass is 10.3. The van der Waals surface area contributed by atoms with Crippen molar-refractivity contribution in [1.29, 1.82) is 0 Å². The molecule has 2 aromatic heterocycles. The number of fused-ring (bicyclic) bond motifs is 1. The third kappa shape index (κ3) is 5.09. The van der Waals surface area contributed by atoms with Gasteiger partial charge in [0.2, 0.25) is 11.0 Å². The van der Waals surface area contributed by atoms with E-state index in [1.807, 2.05) is 0 Å². The molecule has 4 rings (SSSR count). The molecule has 0 aliphatic carbocycles. The van der Waals surface area contributed by atoms with E-state index in [9.17, 15) is 30.7 Å². The highest BCUT2D eigenvalue weighted by Gasteiger charge is 2.24. The third-order valence-electron chi connectivity index (χ3n) is 4.73. The molecule has 0 bridgehead atoms. The number of rotatable bonds is 6. The largest absolute Gasteiger partial charge is 0.382 e. The van der Waals surface area contributed by atoms with Crippen LogP contribution < -0.4 is 11.1 Å². The van der Waals surface area contributed by atoms with Crippen molar-refractivity contribution < 1.29 is 30.7 Å². The molecule has 2 aromatic carbocycles. The van der Waals surface area contributed by atoms with Gasteiger partial charge in [-0.05, 0) is 43.3 Å². The lowest BCUT2D eigenvalue weighted by molar-refractivity contribution is -0.114. The van der Waals surface area contributed by atoms with Crippen LogP contribution in [0.2, 0.25) is 0 Å². The fourth-order valence-electron chi connectivity index (χ4n) is 3.21. The molecule has 2 heterocycles. The molecule has 14 nitrogen and oxygen atoms in total.